The maximum absolute atomic E-state index is 11.8. The van der Waals surface area contributed by atoms with Gasteiger partial charge >= 0.3 is 7.60 Å². The lowest BCUT2D eigenvalue weighted by Crippen LogP contribution is -1.95. The molecule has 0 aliphatic rings. The van der Waals surface area contributed by atoms with Gasteiger partial charge in [0.1, 0.15) is 0 Å². The Bertz CT molecular complexity index is 426. The molecule has 0 bridgehead atoms. The molecule has 0 amide bonds. The summed E-state index contributed by atoms with van der Waals surface area (Å²) in [6, 6.07) is 5.89. The van der Waals surface area contributed by atoms with Gasteiger partial charge in [0.25, 0.3) is 5.69 Å². The predicted octanol–water partition coefficient (Wildman–Crippen LogP) is 2.58. The number of non-ortho nitro benzene ring substituents is 1. The summed E-state index contributed by atoms with van der Waals surface area (Å²) in [6.45, 7) is 0. The minimum absolute atomic E-state index is 0.0156. The number of hydrogen-bond donors (Lipinski definition) is 0. The summed E-state index contributed by atoms with van der Waals surface area (Å²) in [6.07, 6.45) is 0.0156. The van der Waals surface area contributed by atoms with E-state index in [4.69, 9.17) is 9.05 Å². The summed E-state index contributed by atoms with van der Waals surface area (Å²) in [5.41, 5.74) is 0.498. The van der Waals surface area contributed by atoms with Crippen molar-refractivity contribution in [1.82, 2.24) is 0 Å². The van der Waals surface area contributed by atoms with Crippen LogP contribution in [0.1, 0.15) is 5.56 Å². The maximum atomic E-state index is 11.8. The fourth-order valence-corrected chi connectivity index (χ4v) is 2.25. The summed E-state index contributed by atoms with van der Waals surface area (Å²) in [4.78, 5) is 10.0. The van der Waals surface area contributed by atoms with Crippen LogP contribution >= 0.6 is 7.60 Å². The second-order valence-electron chi connectivity index (χ2n) is 3.06. The highest BCUT2D eigenvalue weighted by atomic mass is 31.2. The van der Waals surface area contributed by atoms with E-state index >= 15 is 0 Å². The zero-order chi connectivity index (χ0) is 12.2. The average Bonchev–Trinajstić information content (AvgIpc) is 2.29. The summed E-state index contributed by atoms with van der Waals surface area (Å²) < 4.78 is 21.3. The molecule has 0 unspecified atom stereocenters. The van der Waals surface area contributed by atoms with Crippen molar-refractivity contribution in [3.05, 3.63) is 39.9 Å². The van der Waals surface area contributed by atoms with Gasteiger partial charge < -0.3 is 9.05 Å². The predicted molar refractivity (Wildman–Crippen MR) is 58.4 cm³/mol. The molecule has 88 valence electrons. The van der Waals surface area contributed by atoms with Crippen LogP contribution in [0.3, 0.4) is 0 Å². The van der Waals surface area contributed by atoms with E-state index in [2.05, 4.69) is 0 Å². The first-order valence-corrected chi connectivity index (χ1v) is 6.17. The molecule has 0 radical (unpaired) electrons. The molecule has 0 fully saturated rings. The fraction of sp³-hybridized carbons (Fsp3) is 0.333. The third-order valence-electron chi connectivity index (χ3n) is 2.05. The number of hydrogen-bond acceptors (Lipinski definition) is 5. The lowest BCUT2D eigenvalue weighted by Gasteiger charge is -2.12. The van der Waals surface area contributed by atoms with Crippen LogP contribution in [0.25, 0.3) is 0 Å². The molecule has 1 rings (SSSR count). The first-order valence-electron chi connectivity index (χ1n) is 4.44. The van der Waals surface area contributed by atoms with Crippen molar-refractivity contribution in [2.45, 2.75) is 6.16 Å². The molecular formula is C9H12NO5P. The van der Waals surface area contributed by atoms with Crippen molar-refractivity contribution < 1.29 is 18.5 Å². The van der Waals surface area contributed by atoms with Gasteiger partial charge in [0.05, 0.1) is 11.1 Å². The van der Waals surface area contributed by atoms with E-state index in [9.17, 15) is 14.7 Å². The van der Waals surface area contributed by atoms with E-state index in [-0.39, 0.29) is 11.8 Å². The van der Waals surface area contributed by atoms with E-state index in [0.717, 1.165) is 0 Å². The largest absolute Gasteiger partial charge is 0.334 e. The molecule has 0 saturated heterocycles. The number of nitro groups is 1. The highest BCUT2D eigenvalue weighted by molar-refractivity contribution is 7.52. The average molecular weight is 245 g/mol. The first-order chi connectivity index (χ1) is 7.50. The summed E-state index contributed by atoms with van der Waals surface area (Å²) in [5.74, 6) is 0. The highest BCUT2D eigenvalue weighted by Crippen LogP contribution is 2.49. The number of rotatable bonds is 5. The van der Waals surface area contributed by atoms with Crippen molar-refractivity contribution in [3.8, 4) is 0 Å². The van der Waals surface area contributed by atoms with Gasteiger partial charge in [0.15, 0.2) is 0 Å². The summed E-state index contributed by atoms with van der Waals surface area (Å²) >= 11 is 0. The Morgan fingerprint density at radius 1 is 1.38 bits per heavy atom. The molecule has 7 heteroatoms. The fourth-order valence-electron chi connectivity index (χ4n) is 1.20. The van der Waals surface area contributed by atoms with Gasteiger partial charge in [-0.05, 0) is 5.56 Å². The summed E-state index contributed by atoms with van der Waals surface area (Å²) in [7, 11) is -0.617. The molecule has 6 nitrogen and oxygen atoms in total. The Labute approximate surface area is 92.9 Å². The molecule has 0 aromatic heterocycles. The monoisotopic (exact) mass is 245 g/mol. The minimum atomic E-state index is -3.18. The Balaban J connectivity index is 2.93. The zero-order valence-corrected chi connectivity index (χ0v) is 9.85. The van der Waals surface area contributed by atoms with Crippen molar-refractivity contribution >= 4 is 13.3 Å². The van der Waals surface area contributed by atoms with Gasteiger partial charge in [-0.15, -0.1) is 0 Å². The number of benzene rings is 1. The third kappa shape index (κ3) is 3.13. The Hall–Kier alpha value is -1.23. The lowest BCUT2D eigenvalue weighted by atomic mass is 10.2. The van der Waals surface area contributed by atoms with Gasteiger partial charge in [-0.25, -0.2) is 0 Å². The lowest BCUT2D eigenvalue weighted by molar-refractivity contribution is -0.384. The third-order valence-corrected chi connectivity index (χ3v) is 3.92. The van der Waals surface area contributed by atoms with Crippen LogP contribution in [-0.2, 0) is 19.8 Å². The zero-order valence-electron chi connectivity index (χ0n) is 8.95. The summed E-state index contributed by atoms with van der Waals surface area (Å²) in [5, 5.41) is 10.5. The second-order valence-corrected chi connectivity index (χ2v) is 5.33. The normalized spacial score (nSPS) is 11.4. The Morgan fingerprint density at radius 2 is 2.00 bits per heavy atom. The standard InChI is InChI=1S/C9H12NO5P/c1-14-16(13,15-2)7-8-4-3-5-9(6-8)10(11)12/h3-6H,7H2,1-2H3. The molecule has 0 heterocycles. The maximum Gasteiger partial charge on any atom is 0.334 e. The number of nitrogens with zero attached hydrogens (tertiary/aromatic N) is 1. The highest BCUT2D eigenvalue weighted by Gasteiger charge is 2.22. The van der Waals surface area contributed by atoms with Crippen LogP contribution in [-0.4, -0.2) is 19.1 Å². The van der Waals surface area contributed by atoms with Crippen molar-refractivity contribution in [3.63, 3.8) is 0 Å². The minimum Gasteiger partial charge on any atom is -0.312 e. The van der Waals surface area contributed by atoms with Crippen molar-refractivity contribution in [2.24, 2.45) is 0 Å². The molecule has 16 heavy (non-hydrogen) atoms. The first kappa shape index (κ1) is 12.8. The van der Waals surface area contributed by atoms with Gasteiger partial charge in [-0.3, -0.25) is 14.7 Å². The van der Waals surface area contributed by atoms with E-state index in [0.29, 0.717) is 5.56 Å². The van der Waals surface area contributed by atoms with Crippen LogP contribution in [0.15, 0.2) is 24.3 Å². The molecule has 0 spiro atoms. The van der Waals surface area contributed by atoms with Gasteiger partial charge in [0, 0.05) is 26.4 Å². The van der Waals surface area contributed by atoms with Crippen molar-refractivity contribution in [2.75, 3.05) is 14.2 Å². The van der Waals surface area contributed by atoms with E-state index in [1.807, 2.05) is 0 Å². The van der Waals surface area contributed by atoms with Crippen molar-refractivity contribution in [1.29, 1.82) is 0 Å². The van der Waals surface area contributed by atoms with Gasteiger partial charge in [-0.1, -0.05) is 12.1 Å². The van der Waals surface area contributed by atoms with Crippen LogP contribution in [0, 0.1) is 10.1 Å². The van der Waals surface area contributed by atoms with E-state index in [1.54, 1.807) is 6.07 Å². The van der Waals surface area contributed by atoms with E-state index in [1.165, 1.54) is 32.4 Å². The number of nitro benzene ring substituents is 1. The molecule has 0 N–H and O–H groups in total. The van der Waals surface area contributed by atoms with Crippen LogP contribution in [0.2, 0.25) is 0 Å². The molecule has 0 saturated carbocycles. The molecular weight excluding hydrogens is 233 g/mol. The van der Waals surface area contributed by atoms with Gasteiger partial charge in [-0.2, -0.15) is 0 Å². The second kappa shape index (κ2) is 5.21. The SMILES string of the molecule is COP(=O)(Cc1cccc([N+](=O)[O-])c1)OC. The van der Waals surface area contributed by atoms with Gasteiger partial charge in [0.2, 0.25) is 0 Å². The molecule has 1 aromatic rings. The molecule has 1 aromatic carbocycles. The van der Waals surface area contributed by atoms with Crippen LogP contribution in [0.5, 0.6) is 0 Å². The molecule has 0 aliphatic carbocycles. The Morgan fingerprint density at radius 3 is 2.50 bits per heavy atom. The van der Waals surface area contributed by atoms with Crippen LogP contribution in [0.4, 0.5) is 5.69 Å². The topological polar surface area (TPSA) is 78.7 Å². The quantitative estimate of drug-likeness (QED) is 0.452. The molecule has 0 atom stereocenters. The molecule has 0 aliphatic heterocycles. The van der Waals surface area contributed by atoms with E-state index < -0.39 is 12.5 Å². The van der Waals surface area contributed by atoms with Crippen LogP contribution < -0.4 is 0 Å². The Kier molecular flexibility index (Phi) is 4.18. The smallest absolute Gasteiger partial charge is 0.312 e.